The highest BCUT2D eigenvalue weighted by molar-refractivity contribution is 9.10. The largest absolute Gasteiger partial charge is 0.244 e. The molecule has 1 atom stereocenters. The summed E-state index contributed by atoms with van der Waals surface area (Å²) >= 11 is 4.58. The van der Waals surface area contributed by atoms with Gasteiger partial charge in [0.2, 0.25) is 10.0 Å². The Hall–Kier alpha value is -0.760. The van der Waals surface area contributed by atoms with Crippen LogP contribution in [0.2, 0.25) is 0 Å². The number of hydrogen-bond donors (Lipinski definition) is 1. The fraction of sp³-hybridized carbons (Fsp3) is 0.231. The number of sulfonamides is 1. The van der Waals surface area contributed by atoms with Gasteiger partial charge in [0, 0.05) is 9.35 Å². The van der Waals surface area contributed by atoms with E-state index in [1.54, 1.807) is 0 Å². The average Bonchev–Trinajstić information content (AvgIpc) is 2.89. The first-order valence-electron chi connectivity index (χ1n) is 5.95. The van der Waals surface area contributed by atoms with Gasteiger partial charge >= 0.3 is 0 Å². The molecule has 0 saturated carbocycles. The topological polar surface area (TPSA) is 46.2 Å². The first-order chi connectivity index (χ1) is 9.44. The van der Waals surface area contributed by atoms with E-state index in [9.17, 15) is 12.8 Å². The van der Waals surface area contributed by atoms with Crippen molar-refractivity contribution in [2.24, 2.45) is 0 Å². The van der Waals surface area contributed by atoms with E-state index in [2.05, 4.69) is 20.7 Å². The number of rotatable bonds is 5. The third kappa shape index (κ3) is 3.46. The van der Waals surface area contributed by atoms with Crippen molar-refractivity contribution in [3.63, 3.8) is 0 Å². The molecule has 0 amide bonds. The summed E-state index contributed by atoms with van der Waals surface area (Å²) in [6.45, 7) is 1.88. The Morgan fingerprint density at radius 1 is 1.40 bits per heavy atom. The zero-order chi connectivity index (χ0) is 14.8. The molecule has 1 aromatic heterocycles. The first kappa shape index (κ1) is 15.6. The van der Waals surface area contributed by atoms with Crippen LogP contribution in [0.15, 0.2) is 45.1 Å². The van der Waals surface area contributed by atoms with Crippen molar-refractivity contribution >= 4 is 37.3 Å². The molecule has 0 spiro atoms. The van der Waals surface area contributed by atoms with Gasteiger partial charge < -0.3 is 0 Å². The van der Waals surface area contributed by atoms with Crippen LogP contribution in [0.4, 0.5) is 4.39 Å². The molecule has 0 saturated heterocycles. The van der Waals surface area contributed by atoms with Gasteiger partial charge in [0.15, 0.2) is 0 Å². The molecule has 0 radical (unpaired) electrons. The third-order valence-corrected chi connectivity index (χ3v) is 5.76. The molecule has 1 aromatic carbocycles. The smallest absolute Gasteiger partial charge is 0.207 e. The monoisotopic (exact) mass is 377 g/mol. The lowest BCUT2D eigenvalue weighted by Gasteiger charge is -2.16. The summed E-state index contributed by atoms with van der Waals surface area (Å²) in [6, 6.07) is 7.27. The van der Waals surface area contributed by atoms with E-state index in [4.69, 9.17) is 0 Å². The van der Waals surface area contributed by atoms with Crippen molar-refractivity contribution < 1.29 is 12.8 Å². The molecule has 0 fully saturated rings. The molecule has 0 bridgehead atoms. The van der Waals surface area contributed by atoms with Crippen molar-refractivity contribution in [2.45, 2.75) is 24.3 Å². The normalized spacial score (nSPS) is 13.3. The number of hydrogen-bond acceptors (Lipinski definition) is 3. The van der Waals surface area contributed by atoms with Gasteiger partial charge in [-0.25, -0.2) is 17.5 Å². The van der Waals surface area contributed by atoms with Gasteiger partial charge in [-0.2, -0.15) is 0 Å². The van der Waals surface area contributed by atoms with E-state index in [1.807, 2.05) is 24.4 Å². The molecule has 3 nitrogen and oxygen atoms in total. The van der Waals surface area contributed by atoms with Gasteiger partial charge in [-0.1, -0.05) is 28.9 Å². The molecule has 108 valence electrons. The quantitative estimate of drug-likeness (QED) is 0.852. The maximum atomic E-state index is 13.8. The maximum absolute atomic E-state index is 13.8. The van der Waals surface area contributed by atoms with Crippen molar-refractivity contribution in [1.29, 1.82) is 0 Å². The van der Waals surface area contributed by atoms with Crippen LogP contribution in [0.1, 0.15) is 24.3 Å². The molecule has 1 N–H and O–H groups in total. The van der Waals surface area contributed by atoms with Gasteiger partial charge in [-0.3, -0.25) is 0 Å². The third-order valence-electron chi connectivity index (χ3n) is 2.78. The van der Waals surface area contributed by atoms with Gasteiger partial charge in [-0.15, -0.1) is 11.3 Å². The highest BCUT2D eigenvalue weighted by atomic mass is 79.9. The molecule has 0 aliphatic carbocycles. The molecule has 0 aliphatic heterocycles. The second-order valence-corrected chi connectivity index (χ2v) is 7.75. The van der Waals surface area contributed by atoms with E-state index in [1.165, 1.54) is 23.5 Å². The molecule has 2 rings (SSSR count). The summed E-state index contributed by atoms with van der Waals surface area (Å²) in [4.78, 5) is 0.573. The Bertz CT molecular complexity index is 686. The van der Waals surface area contributed by atoms with Gasteiger partial charge in [0.25, 0.3) is 0 Å². The fourth-order valence-corrected chi connectivity index (χ4v) is 4.40. The lowest BCUT2D eigenvalue weighted by atomic mass is 10.2. The van der Waals surface area contributed by atoms with Crippen LogP contribution < -0.4 is 4.72 Å². The zero-order valence-corrected chi connectivity index (χ0v) is 13.9. The van der Waals surface area contributed by atoms with Gasteiger partial charge in [0.05, 0.1) is 6.04 Å². The summed E-state index contributed by atoms with van der Waals surface area (Å²) in [6.07, 6.45) is 0.595. The minimum absolute atomic E-state index is 0.337. The standard InChI is InChI=1S/C13H13BrFNO2S2/c1-2-11(12-4-3-7-19-12)16-20(17,18)13-6-5-9(14)8-10(13)15/h3-8,11,16H,2H2,1H3. The Kier molecular flexibility index (Phi) is 4.95. The summed E-state index contributed by atoms with van der Waals surface area (Å²) in [7, 11) is -3.88. The van der Waals surface area contributed by atoms with E-state index < -0.39 is 15.8 Å². The Morgan fingerprint density at radius 2 is 2.15 bits per heavy atom. The van der Waals surface area contributed by atoms with Crippen LogP contribution in [0.5, 0.6) is 0 Å². The lowest BCUT2D eigenvalue weighted by molar-refractivity contribution is 0.537. The summed E-state index contributed by atoms with van der Waals surface area (Å²) in [5.74, 6) is -0.770. The van der Waals surface area contributed by atoms with Gasteiger partial charge in [0.1, 0.15) is 10.7 Å². The van der Waals surface area contributed by atoms with Crippen molar-refractivity contribution in [3.05, 3.63) is 50.9 Å². The Balaban J connectivity index is 2.31. The van der Waals surface area contributed by atoms with Crippen molar-refractivity contribution in [3.8, 4) is 0 Å². The van der Waals surface area contributed by atoms with Crippen LogP contribution >= 0.6 is 27.3 Å². The summed E-state index contributed by atoms with van der Waals surface area (Å²) in [5, 5.41) is 1.88. The van der Waals surface area contributed by atoms with E-state index >= 15 is 0 Å². The van der Waals surface area contributed by atoms with Crippen LogP contribution in [0, 0.1) is 5.82 Å². The van der Waals surface area contributed by atoms with Crippen LogP contribution in [-0.2, 0) is 10.0 Å². The number of halogens is 2. The first-order valence-corrected chi connectivity index (χ1v) is 9.10. The highest BCUT2D eigenvalue weighted by Crippen LogP contribution is 2.25. The van der Waals surface area contributed by atoms with E-state index in [0.717, 1.165) is 10.9 Å². The average molecular weight is 378 g/mol. The number of thiophene rings is 1. The van der Waals surface area contributed by atoms with E-state index in [-0.39, 0.29) is 10.9 Å². The molecule has 1 unspecified atom stereocenters. The number of benzene rings is 1. The van der Waals surface area contributed by atoms with Crippen LogP contribution in [0.3, 0.4) is 0 Å². The molecular weight excluding hydrogens is 365 g/mol. The lowest BCUT2D eigenvalue weighted by Crippen LogP contribution is -2.28. The zero-order valence-electron chi connectivity index (χ0n) is 10.6. The molecule has 2 aromatic rings. The predicted octanol–water partition coefficient (Wildman–Crippen LogP) is 4.08. The Labute approximate surface area is 130 Å². The van der Waals surface area contributed by atoms with Crippen molar-refractivity contribution in [2.75, 3.05) is 0 Å². The van der Waals surface area contributed by atoms with Crippen LogP contribution in [-0.4, -0.2) is 8.42 Å². The molecule has 7 heteroatoms. The highest BCUT2D eigenvalue weighted by Gasteiger charge is 2.23. The Morgan fingerprint density at radius 3 is 2.70 bits per heavy atom. The molecular formula is C13H13BrFNO2S2. The number of nitrogens with one attached hydrogen (secondary N) is 1. The van der Waals surface area contributed by atoms with Crippen LogP contribution in [0.25, 0.3) is 0 Å². The minimum atomic E-state index is -3.88. The molecule has 0 aliphatic rings. The predicted molar refractivity (Wildman–Crippen MR) is 81.8 cm³/mol. The van der Waals surface area contributed by atoms with Crippen molar-refractivity contribution in [1.82, 2.24) is 4.72 Å². The fourth-order valence-electron chi connectivity index (χ4n) is 1.78. The minimum Gasteiger partial charge on any atom is -0.207 e. The molecule has 1 heterocycles. The second-order valence-electron chi connectivity index (χ2n) is 4.17. The van der Waals surface area contributed by atoms with Gasteiger partial charge in [-0.05, 0) is 36.1 Å². The SMILES string of the molecule is CCC(NS(=O)(=O)c1ccc(Br)cc1F)c1cccs1. The summed E-state index contributed by atoms with van der Waals surface area (Å²) < 4.78 is 41.4. The molecule has 20 heavy (non-hydrogen) atoms. The second kappa shape index (κ2) is 6.34. The maximum Gasteiger partial charge on any atom is 0.244 e. The summed E-state index contributed by atoms with van der Waals surface area (Å²) in [5.41, 5.74) is 0. The van der Waals surface area contributed by atoms with E-state index in [0.29, 0.717) is 10.9 Å².